The molecule has 0 radical (unpaired) electrons. The number of hydrogen-bond donors (Lipinski definition) is 3. The Hall–Kier alpha value is -1.60. The Balaban J connectivity index is 2.12. The van der Waals surface area contributed by atoms with Crippen LogP contribution in [-0.4, -0.2) is 32.1 Å². The second-order valence-electron chi connectivity index (χ2n) is 4.46. The number of carboxylic acids is 1. The van der Waals surface area contributed by atoms with Gasteiger partial charge in [-0.3, -0.25) is 4.79 Å². The van der Waals surface area contributed by atoms with Crippen LogP contribution in [0.1, 0.15) is 19.3 Å². The van der Waals surface area contributed by atoms with Gasteiger partial charge in [-0.05, 0) is 25.0 Å². The molecule has 0 aromatic heterocycles. The first-order chi connectivity index (χ1) is 8.99. The molecule has 0 atom stereocenters. The fraction of sp³-hybridized carbons (Fsp3) is 0.417. The van der Waals surface area contributed by atoms with E-state index in [-0.39, 0.29) is 23.9 Å². The van der Waals surface area contributed by atoms with Gasteiger partial charge in [-0.25, -0.2) is 13.1 Å². The Labute approximate surface area is 111 Å². The fourth-order valence-electron chi connectivity index (χ4n) is 1.64. The van der Waals surface area contributed by atoms with E-state index >= 15 is 0 Å². The zero-order valence-electron chi connectivity index (χ0n) is 10.3. The van der Waals surface area contributed by atoms with Crippen molar-refractivity contribution in [2.75, 3.05) is 11.9 Å². The van der Waals surface area contributed by atoms with Crippen LogP contribution in [0, 0.1) is 0 Å². The molecule has 104 valence electrons. The normalized spacial score (nSPS) is 15.2. The number of benzene rings is 1. The quantitative estimate of drug-likeness (QED) is 0.694. The minimum Gasteiger partial charge on any atom is -0.481 e. The van der Waals surface area contributed by atoms with E-state index < -0.39 is 16.0 Å². The predicted octanol–water partition coefficient (Wildman–Crippen LogP) is 1.01. The Bertz CT molecular complexity index is 567. The van der Waals surface area contributed by atoms with E-state index in [0.717, 1.165) is 12.8 Å². The van der Waals surface area contributed by atoms with Crippen molar-refractivity contribution >= 4 is 21.7 Å². The molecule has 6 nitrogen and oxygen atoms in total. The topological polar surface area (TPSA) is 95.5 Å². The lowest BCUT2D eigenvalue weighted by Crippen LogP contribution is -2.26. The highest BCUT2D eigenvalue weighted by atomic mass is 32.2. The number of para-hydroxylation sites is 1. The highest BCUT2D eigenvalue weighted by Crippen LogP contribution is 2.25. The van der Waals surface area contributed by atoms with Gasteiger partial charge in [-0.2, -0.15) is 0 Å². The van der Waals surface area contributed by atoms with Crippen molar-refractivity contribution in [3.05, 3.63) is 24.3 Å². The zero-order valence-corrected chi connectivity index (χ0v) is 11.1. The van der Waals surface area contributed by atoms with Crippen LogP contribution >= 0.6 is 0 Å². The number of hydrogen-bond acceptors (Lipinski definition) is 4. The standard InChI is InChI=1S/C12H16N2O4S/c15-12(16)7-8-13-10-3-1-2-4-11(10)19(17,18)14-9-5-6-9/h1-4,9,13-14H,5-8H2,(H,15,16). The summed E-state index contributed by atoms with van der Waals surface area (Å²) < 4.78 is 26.9. The molecule has 0 aliphatic heterocycles. The molecular formula is C12H16N2O4S. The Kier molecular flexibility index (Phi) is 4.06. The van der Waals surface area contributed by atoms with E-state index in [4.69, 9.17) is 5.11 Å². The third-order valence-electron chi connectivity index (χ3n) is 2.73. The molecular weight excluding hydrogens is 268 g/mol. The first kappa shape index (κ1) is 13.8. The van der Waals surface area contributed by atoms with Gasteiger partial charge < -0.3 is 10.4 Å². The molecule has 0 amide bonds. The summed E-state index contributed by atoms with van der Waals surface area (Å²) in [6, 6.07) is 6.53. The van der Waals surface area contributed by atoms with Crippen molar-refractivity contribution in [3.8, 4) is 0 Å². The largest absolute Gasteiger partial charge is 0.481 e. The molecule has 1 aliphatic carbocycles. The average Bonchev–Trinajstić information content (AvgIpc) is 3.12. The highest BCUT2D eigenvalue weighted by molar-refractivity contribution is 7.89. The Morgan fingerprint density at radius 3 is 2.63 bits per heavy atom. The molecule has 1 aromatic rings. The summed E-state index contributed by atoms with van der Waals surface area (Å²) >= 11 is 0. The first-order valence-electron chi connectivity index (χ1n) is 6.06. The maximum absolute atomic E-state index is 12.1. The summed E-state index contributed by atoms with van der Waals surface area (Å²) in [5.41, 5.74) is 0.428. The number of nitrogens with one attached hydrogen (secondary N) is 2. The van der Waals surface area contributed by atoms with Gasteiger partial charge in [0.05, 0.1) is 12.1 Å². The maximum Gasteiger partial charge on any atom is 0.305 e. The van der Waals surface area contributed by atoms with Crippen molar-refractivity contribution in [2.24, 2.45) is 0 Å². The molecule has 1 aliphatic rings. The summed E-state index contributed by atoms with van der Waals surface area (Å²) in [4.78, 5) is 10.6. The van der Waals surface area contributed by atoms with Crippen molar-refractivity contribution in [1.29, 1.82) is 0 Å². The zero-order chi connectivity index (χ0) is 13.9. The number of rotatable bonds is 7. The second-order valence-corrected chi connectivity index (χ2v) is 6.14. The van der Waals surface area contributed by atoms with Gasteiger partial charge in [0, 0.05) is 12.6 Å². The van der Waals surface area contributed by atoms with Crippen LogP contribution in [0.2, 0.25) is 0 Å². The minimum atomic E-state index is -3.54. The number of carbonyl (C=O) groups is 1. The van der Waals surface area contributed by atoms with Crippen molar-refractivity contribution in [3.63, 3.8) is 0 Å². The van der Waals surface area contributed by atoms with Gasteiger partial charge in [0.25, 0.3) is 0 Å². The van der Waals surface area contributed by atoms with Crippen LogP contribution in [0.25, 0.3) is 0 Å². The van der Waals surface area contributed by atoms with Crippen LogP contribution in [0.4, 0.5) is 5.69 Å². The lowest BCUT2D eigenvalue weighted by molar-refractivity contribution is -0.136. The number of anilines is 1. The van der Waals surface area contributed by atoms with Crippen LogP contribution in [-0.2, 0) is 14.8 Å². The van der Waals surface area contributed by atoms with E-state index in [1.807, 2.05) is 0 Å². The van der Waals surface area contributed by atoms with Crippen molar-refractivity contribution in [2.45, 2.75) is 30.2 Å². The molecule has 3 N–H and O–H groups in total. The van der Waals surface area contributed by atoms with Gasteiger partial charge in [0.15, 0.2) is 0 Å². The predicted molar refractivity (Wildman–Crippen MR) is 70.5 cm³/mol. The molecule has 0 spiro atoms. The molecule has 0 heterocycles. The maximum atomic E-state index is 12.1. The monoisotopic (exact) mass is 284 g/mol. The van der Waals surface area contributed by atoms with E-state index in [1.54, 1.807) is 18.2 Å². The van der Waals surface area contributed by atoms with Crippen molar-refractivity contribution in [1.82, 2.24) is 4.72 Å². The van der Waals surface area contributed by atoms with E-state index in [1.165, 1.54) is 6.07 Å². The summed E-state index contributed by atoms with van der Waals surface area (Å²) in [7, 11) is -3.54. The number of carboxylic acid groups (broad SMARTS) is 1. The van der Waals surface area contributed by atoms with E-state index in [0.29, 0.717) is 5.69 Å². The van der Waals surface area contributed by atoms with Crippen LogP contribution in [0.5, 0.6) is 0 Å². The van der Waals surface area contributed by atoms with E-state index in [2.05, 4.69) is 10.0 Å². The van der Waals surface area contributed by atoms with Crippen LogP contribution in [0.3, 0.4) is 0 Å². The van der Waals surface area contributed by atoms with Crippen LogP contribution < -0.4 is 10.0 Å². The molecule has 7 heteroatoms. The van der Waals surface area contributed by atoms with Gasteiger partial charge >= 0.3 is 5.97 Å². The van der Waals surface area contributed by atoms with E-state index in [9.17, 15) is 13.2 Å². The van der Waals surface area contributed by atoms with Gasteiger partial charge in [-0.15, -0.1) is 0 Å². The molecule has 0 bridgehead atoms. The number of aliphatic carboxylic acids is 1. The highest BCUT2D eigenvalue weighted by Gasteiger charge is 2.29. The summed E-state index contributed by atoms with van der Waals surface area (Å²) in [5.74, 6) is -0.927. The fourth-order valence-corrected chi connectivity index (χ4v) is 3.12. The third kappa shape index (κ3) is 3.93. The molecule has 1 aromatic carbocycles. The smallest absolute Gasteiger partial charge is 0.305 e. The molecule has 2 rings (SSSR count). The minimum absolute atomic E-state index is 0.0390. The van der Waals surface area contributed by atoms with Crippen LogP contribution in [0.15, 0.2) is 29.2 Å². The molecule has 0 saturated heterocycles. The molecule has 1 saturated carbocycles. The first-order valence-corrected chi connectivity index (χ1v) is 7.54. The summed E-state index contributed by atoms with van der Waals surface area (Å²) in [6.45, 7) is 0.186. The summed E-state index contributed by atoms with van der Waals surface area (Å²) in [5, 5.41) is 11.4. The molecule has 19 heavy (non-hydrogen) atoms. The van der Waals surface area contributed by atoms with Gasteiger partial charge in [-0.1, -0.05) is 12.1 Å². The lowest BCUT2D eigenvalue weighted by atomic mass is 10.3. The Morgan fingerprint density at radius 2 is 2.00 bits per heavy atom. The Morgan fingerprint density at radius 1 is 1.32 bits per heavy atom. The third-order valence-corrected chi connectivity index (χ3v) is 4.31. The second kappa shape index (κ2) is 5.58. The molecule has 1 fully saturated rings. The lowest BCUT2D eigenvalue weighted by Gasteiger charge is -2.12. The van der Waals surface area contributed by atoms with Gasteiger partial charge in [0.1, 0.15) is 4.90 Å². The number of sulfonamides is 1. The van der Waals surface area contributed by atoms with Gasteiger partial charge in [0.2, 0.25) is 10.0 Å². The average molecular weight is 284 g/mol. The molecule has 0 unspecified atom stereocenters. The summed E-state index contributed by atoms with van der Waals surface area (Å²) in [6.07, 6.45) is 1.67. The SMILES string of the molecule is O=C(O)CCNc1ccccc1S(=O)(=O)NC1CC1. The van der Waals surface area contributed by atoms with Crippen molar-refractivity contribution < 1.29 is 18.3 Å².